The predicted octanol–water partition coefficient (Wildman–Crippen LogP) is -0.366. The minimum Gasteiger partial charge on any atom is -0.351 e. The second kappa shape index (κ2) is 5.53. The molecule has 2 N–H and O–H groups in total. The summed E-state index contributed by atoms with van der Waals surface area (Å²) in [5.74, 6) is -0.0356. The van der Waals surface area contributed by atoms with E-state index in [4.69, 9.17) is 11.6 Å². The summed E-state index contributed by atoms with van der Waals surface area (Å²) >= 11 is 5.44. The molecule has 0 spiro atoms. The molecule has 1 aliphatic rings. The van der Waals surface area contributed by atoms with Gasteiger partial charge >= 0.3 is 0 Å². The smallest absolute Gasteiger partial charge is 0.235 e. The molecule has 1 amide bonds. The third-order valence-corrected chi connectivity index (χ3v) is 2.77. The first kappa shape index (κ1) is 11.8. The Labute approximate surface area is 90.0 Å². The van der Waals surface area contributed by atoms with Crippen LogP contribution < -0.4 is 10.6 Å². The number of halogens is 1. The van der Waals surface area contributed by atoms with E-state index < -0.39 is 0 Å². The molecule has 2 atom stereocenters. The van der Waals surface area contributed by atoms with Gasteiger partial charge in [0.1, 0.15) is 5.88 Å². The van der Waals surface area contributed by atoms with Gasteiger partial charge in [-0.1, -0.05) is 0 Å². The fourth-order valence-corrected chi connectivity index (χ4v) is 1.98. The fraction of sp³-hybridized carbons (Fsp3) is 0.889. The number of hydrogen-bond acceptors (Lipinski definition) is 3. The summed E-state index contributed by atoms with van der Waals surface area (Å²) in [4.78, 5) is 13.3. The Bertz CT molecular complexity index is 200. The van der Waals surface area contributed by atoms with Crippen molar-refractivity contribution in [2.75, 3.05) is 33.1 Å². The monoisotopic (exact) mass is 219 g/mol. The molecule has 0 aromatic carbocycles. The van der Waals surface area contributed by atoms with Crippen LogP contribution in [0.15, 0.2) is 0 Å². The van der Waals surface area contributed by atoms with Gasteiger partial charge in [-0.05, 0) is 20.5 Å². The Morgan fingerprint density at radius 3 is 2.71 bits per heavy atom. The van der Waals surface area contributed by atoms with Gasteiger partial charge in [-0.15, -0.1) is 11.6 Å². The van der Waals surface area contributed by atoms with Crippen LogP contribution in [0.25, 0.3) is 0 Å². The van der Waals surface area contributed by atoms with E-state index in [1.807, 2.05) is 7.05 Å². The first-order valence-electron chi connectivity index (χ1n) is 4.86. The van der Waals surface area contributed by atoms with E-state index in [0.29, 0.717) is 6.04 Å². The molecule has 0 aromatic rings. The van der Waals surface area contributed by atoms with Gasteiger partial charge in [0.15, 0.2) is 0 Å². The van der Waals surface area contributed by atoms with Crippen LogP contribution in [0.3, 0.4) is 0 Å². The second-order valence-corrected chi connectivity index (χ2v) is 4.11. The molecule has 0 saturated carbocycles. The first-order chi connectivity index (χ1) is 6.65. The number of alkyl halides is 1. The Hall–Kier alpha value is -0.320. The number of hydrogen-bond donors (Lipinski definition) is 2. The van der Waals surface area contributed by atoms with Crippen molar-refractivity contribution >= 4 is 17.5 Å². The summed E-state index contributed by atoms with van der Waals surface area (Å²) in [5, 5.41) is 6.14. The van der Waals surface area contributed by atoms with Crippen molar-refractivity contribution in [2.24, 2.45) is 0 Å². The average molecular weight is 220 g/mol. The topological polar surface area (TPSA) is 44.4 Å². The van der Waals surface area contributed by atoms with Crippen molar-refractivity contribution < 1.29 is 4.79 Å². The number of nitrogens with zero attached hydrogens (tertiary/aromatic N) is 1. The van der Waals surface area contributed by atoms with E-state index in [-0.39, 0.29) is 17.8 Å². The van der Waals surface area contributed by atoms with E-state index in [9.17, 15) is 4.79 Å². The van der Waals surface area contributed by atoms with Gasteiger partial charge in [-0.25, -0.2) is 0 Å². The normalized spacial score (nSPS) is 28.8. The van der Waals surface area contributed by atoms with Gasteiger partial charge in [0.05, 0.1) is 0 Å². The second-order valence-electron chi connectivity index (χ2n) is 3.84. The van der Waals surface area contributed by atoms with Crippen LogP contribution in [0, 0.1) is 0 Å². The maximum Gasteiger partial charge on any atom is 0.235 e. The Morgan fingerprint density at radius 1 is 1.50 bits per heavy atom. The standard InChI is InChI=1S/C9H18ClN3O/c1-11-7-3-8(6-13(2)5-7)12-9(14)4-10/h7-8,11H,3-6H2,1-2H3,(H,12,14). The number of rotatable bonds is 3. The Balaban J connectivity index is 2.40. The molecule has 0 aliphatic carbocycles. The summed E-state index contributed by atoms with van der Waals surface area (Å²) in [6.07, 6.45) is 0.976. The number of amides is 1. The molecule has 0 aromatic heterocycles. The number of piperidine rings is 1. The Morgan fingerprint density at radius 2 is 2.14 bits per heavy atom. The highest BCUT2D eigenvalue weighted by Gasteiger charge is 2.24. The number of carbonyl (C=O) groups is 1. The average Bonchev–Trinajstić information content (AvgIpc) is 2.16. The number of carbonyl (C=O) groups excluding carboxylic acids is 1. The molecule has 1 heterocycles. The van der Waals surface area contributed by atoms with E-state index >= 15 is 0 Å². The molecule has 4 nitrogen and oxygen atoms in total. The van der Waals surface area contributed by atoms with Gasteiger partial charge in [0.25, 0.3) is 0 Å². The summed E-state index contributed by atoms with van der Waals surface area (Å²) < 4.78 is 0. The first-order valence-corrected chi connectivity index (χ1v) is 5.40. The van der Waals surface area contributed by atoms with Gasteiger partial charge < -0.3 is 15.5 Å². The van der Waals surface area contributed by atoms with Crippen LogP contribution in [0.1, 0.15) is 6.42 Å². The molecule has 0 bridgehead atoms. The summed E-state index contributed by atoms with van der Waals surface area (Å²) in [7, 11) is 4.01. The van der Waals surface area contributed by atoms with Crippen molar-refractivity contribution in [2.45, 2.75) is 18.5 Å². The molecular weight excluding hydrogens is 202 g/mol. The zero-order chi connectivity index (χ0) is 10.6. The van der Waals surface area contributed by atoms with Crippen LogP contribution in [0.5, 0.6) is 0 Å². The fourth-order valence-electron chi connectivity index (χ4n) is 1.90. The van der Waals surface area contributed by atoms with E-state index in [2.05, 4.69) is 22.6 Å². The van der Waals surface area contributed by atoms with Crippen LogP contribution >= 0.6 is 11.6 Å². The predicted molar refractivity (Wildman–Crippen MR) is 57.6 cm³/mol. The van der Waals surface area contributed by atoms with Crippen molar-refractivity contribution in [3.8, 4) is 0 Å². The molecule has 5 heteroatoms. The quantitative estimate of drug-likeness (QED) is 0.637. The third-order valence-electron chi connectivity index (χ3n) is 2.53. The van der Waals surface area contributed by atoms with Gasteiger partial charge in [-0.3, -0.25) is 4.79 Å². The lowest BCUT2D eigenvalue weighted by Gasteiger charge is -2.35. The minimum absolute atomic E-state index is 0.0461. The van der Waals surface area contributed by atoms with Crippen LogP contribution in [0.4, 0.5) is 0 Å². The SMILES string of the molecule is CNC1CC(NC(=O)CCl)CN(C)C1. The summed E-state index contributed by atoms with van der Waals surface area (Å²) in [6.45, 7) is 1.94. The molecule has 1 fully saturated rings. The highest BCUT2D eigenvalue weighted by molar-refractivity contribution is 6.27. The van der Waals surface area contributed by atoms with Crippen molar-refractivity contribution in [3.63, 3.8) is 0 Å². The van der Waals surface area contributed by atoms with Gasteiger partial charge in [0.2, 0.25) is 5.91 Å². The summed E-state index contributed by atoms with van der Waals surface area (Å²) in [5.41, 5.74) is 0. The zero-order valence-electron chi connectivity index (χ0n) is 8.72. The largest absolute Gasteiger partial charge is 0.351 e. The van der Waals surface area contributed by atoms with E-state index in [1.165, 1.54) is 0 Å². The van der Waals surface area contributed by atoms with Crippen LogP contribution in [-0.2, 0) is 4.79 Å². The van der Waals surface area contributed by atoms with Crippen molar-refractivity contribution in [1.29, 1.82) is 0 Å². The van der Waals surface area contributed by atoms with Crippen LogP contribution in [-0.4, -0.2) is 56.0 Å². The molecule has 14 heavy (non-hydrogen) atoms. The molecule has 1 aliphatic heterocycles. The number of likely N-dealkylation sites (tertiary alicyclic amines) is 1. The lowest BCUT2D eigenvalue weighted by molar-refractivity contribution is -0.119. The minimum atomic E-state index is -0.0816. The number of nitrogens with one attached hydrogen (secondary N) is 2. The molecule has 1 saturated heterocycles. The molecule has 2 unspecified atom stereocenters. The maximum atomic E-state index is 11.1. The molecular formula is C9H18ClN3O. The maximum absolute atomic E-state index is 11.1. The Kier molecular flexibility index (Phi) is 4.65. The molecule has 1 rings (SSSR count). The van der Waals surface area contributed by atoms with Gasteiger partial charge in [0, 0.05) is 25.2 Å². The van der Waals surface area contributed by atoms with Crippen LogP contribution in [0.2, 0.25) is 0 Å². The van der Waals surface area contributed by atoms with Crippen molar-refractivity contribution in [1.82, 2.24) is 15.5 Å². The highest BCUT2D eigenvalue weighted by Crippen LogP contribution is 2.08. The van der Waals surface area contributed by atoms with E-state index in [1.54, 1.807) is 0 Å². The molecule has 82 valence electrons. The summed E-state index contributed by atoms with van der Waals surface area (Å²) in [6, 6.07) is 0.673. The van der Waals surface area contributed by atoms with Gasteiger partial charge in [-0.2, -0.15) is 0 Å². The lowest BCUT2D eigenvalue weighted by atomic mass is 10.0. The zero-order valence-corrected chi connectivity index (χ0v) is 9.47. The molecule has 0 radical (unpaired) electrons. The highest BCUT2D eigenvalue weighted by atomic mass is 35.5. The van der Waals surface area contributed by atoms with Crippen molar-refractivity contribution in [3.05, 3.63) is 0 Å². The third kappa shape index (κ3) is 3.44. The number of likely N-dealkylation sites (N-methyl/N-ethyl adjacent to an activating group) is 2. The lowest BCUT2D eigenvalue weighted by Crippen LogP contribution is -2.54. The van der Waals surface area contributed by atoms with E-state index in [0.717, 1.165) is 19.5 Å².